The van der Waals surface area contributed by atoms with Crippen molar-refractivity contribution in [2.45, 2.75) is 49.7 Å². The molecule has 6 N–H and O–H groups in total. The fourth-order valence-electron chi connectivity index (χ4n) is 4.22. The number of alkyl halides is 2. The maximum Gasteiger partial charge on any atom is 0.331 e. The third-order valence-corrected chi connectivity index (χ3v) is 7.46. The monoisotopic (exact) mass is 600 g/mol. The lowest BCUT2D eigenvalue weighted by molar-refractivity contribution is -0.161. The first-order valence-electron chi connectivity index (χ1n) is 12.4. The predicted octanol–water partition coefficient (Wildman–Crippen LogP) is 3.11. The van der Waals surface area contributed by atoms with Crippen LogP contribution >= 0.6 is 35.0 Å². The van der Waals surface area contributed by atoms with Crippen LogP contribution in [0.5, 0.6) is 0 Å². The van der Waals surface area contributed by atoms with Crippen LogP contribution in [-0.4, -0.2) is 69.3 Å². The summed E-state index contributed by atoms with van der Waals surface area (Å²) >= 11 is 13.2. The minimum atomic E-state index is -1.95. The number of aryl methyl sites for hydroxylation is 1. The van der Waals surface area contributed by atoms with Crippen LogP contribution in [0.3, 0.4) is 0 Å². The van der Waals surface area contributed by atoms with Crippen molar-refractivity contribution in [1.29, 1.82) is 0 Å². The number of nitrogens with two attached hydrogens (primary N) is 2. The Morgan fingerprint density at radius 1 is 1.13 bits per heavy atom. The zero-order valence-electron chi connectivity index (χ0n) is 21.7. The number of aliphatic carboxylic acids is 1. The van der Waals surface area contributed by atoms with Crippen LogP contribution in [-0.2, 0) is 33.6 Å². The van der Waals surface area contributed by atoms with E-state index >= 15 is 0 Å². The van der Waals surface area contributed by atoms with Crippen molar-refractivity contribution in [3.63, 3.8) is 0 Å². The summed E-state index contributed by atoms with van der Waals surface area (Å²) in [6, 6.07) is 11.3. The lowest BCUT2D eigenvalue weighted by Crippen LogP contribution is -2.66. The number of amides is 2. The van der Waals surface area contributed by atoms with E-state index in [2.05, 4.69) is 5.32 Å². The minimum Gasteiger partial charge on any atom is -0.479 e. The summed E-state index contributed by atoms with van der Waals surface area (Å²) in [5, 5.41) is 13.6. The maximum atomic E-state index is 14.2. The van der Waals surface area contributed by atoms with Gasteiger partial charge in [-0.05, 0) is 60.4 Å². The van der Waals surface area contributed by atoms with Crippen molar-refractivity contribution in [2.75, 3.05) is 23.8 Å². The molecule has 2 rings (SSSR count). The van der Waals surface area contributed by atoms with Crippen molar-refractivity contribution >= 4 is 52.7 Å². The normalized spacial score (nSPS) is 14.2. The number of carbonyl (C=O) groups is 3. The molecular weight excluding hydrogens is 566 g/mol. The number of hydrazine groups is 1. The summed E-state index contributed by atoms with van der Waals surface area (Å²) in [4.78, 5) is 39.3. The standard InChI is InChI=1S/C27H35Cl2FN4O4S/c1-39-14-10-23(33-24(35)22(31)16-18-5-3-2-4-6-18)25(36)34(32)27(11-13-29,26(37)38)17-19-7-8-21(30)20(15-19)9-12-28/h2-8,15,22-23H,9-14,16-17,31-32H2,1H3,(H,33,35)(H,37,38)/t22-,23-,27-/m0/s1. The Hall–Kier alpha value is -2.37. The highest BCUT2D eigenvalue weighted by atomic mass is 35.5. The molecule has 0 unspecified atom stereocenters. The number of nitrogens with zero attached hydrogens (tertiary/aromatic N) is 1. The topological polar surface area (TPSA) is 139 Å². The van der Waals surface area contributed by atoms with E-state index in [9.17, 15) is 23.9 Å². The molecule has 2 aromatic carbocycles. The van der Waals surface area contributed by atoms with E-state index in [0.29, 0.717) is 21.9 Å². The molecule has 0 bridgehead atoms. The van der Waals surface area contributed by atoms with Gasteiger partial charge in [-0.3, -0.25) is 14.6 Å². The van der Waals surface area contributed by atoms with E-state index in [4.69, 9.17) is 34.8 Å². The number of nitrogens with one attached hydrogen (secondary N) is 1. The van der Waals surface area contributed by atoms with Gasteiger partial charge in [0.15, 0.2) is 5.54 Å². The van der Waals surface area contributed by atoms with E-state index in [1.807, 2.05) is 36.6 Å². The van der Waals surface area contributed by atoms with Gasteiger partial charge in [-0.2, -0.15) is 11.8 Å². The van der Waals surface area contributed by atoms with E-state index in [0.717, 1.165) is 5.56 Å². The molecule has 0 radical (unpaired) electrons. The van der Waals surface area contributed by atoms with Gasteiger partial charge >= 0.3 is 5.97 Å². The molecule has 0 saturated heterocycles. The molecule has 8 nitrogen and oxygen atoms in total. The smallest absolute Gasteiger partial charge is 0.331 e. The maximum absolute atomic E-state index is 14.2. The van der Waals surface area contributed by atoms with Gasteiger partial charge in [0.1, 0.15) is 11.9 Å². The van der Waals surface area contributed by atoms with E-state index < -0.39 is 41.2 Å². The second-order valence-electron chi connectivity index (χ2n) is 9.16. The lowest BCUT2D eigenvalue weighted by Gasteiger charge is -2.39. The van der Waals surface area contributed by atoms with E-state index in [-0.39, 0.29) is 43.9 Å². The Balaban J connectivity index is 2.34. The first-order valence-corrected chi connectivity index (χ1v) is 14.9. The molecule has 0 aliphatic carbocycles. The molecule has 0 aliphatic heterocycles. The fraction of sp³-hybridized carbons (Fsp3) is 0.444. The highest BCUT2D eigenvalue weighted by Crippen LogP contribution is 2.27. The van der Waals surface area contributed by atoms with Gasteiger partial charge in [-0.1, -0.05) is 42.5 Å². The lowest BCUT2D eigenvalue weighted by atomic mass is 9.86. The number of carboxylic acid groups (broad SMARTS) is 1. The summed E-state index contributed by atoms with van der Waals surface area (Å²) in [5.74, 6) is 3.62. The summed E-state index contributed by atoms with van der Waals surface area (Å²) < 4.78 is 14.2. The number of carbonyl (C=O) groups excluding carboxylic acids is 2. The third kappa shape index (κ3) is 9.08. The summed E-state index contributed by atoms with van der Waals surface area (Å²) in [6.45, 7) is 0. The quantitative estimate of drug-likeness (QED) is 0.100. The Kier molecular flexibility index (Phi) is 13.5. The first-order chi connectivity index (χ1) is 18.6. The van der Waals surface area contributed by atoms with Crippen LogP contribution in [0.4, 0.5) is 4.39 Å². The van der Waals surface area contributed by atoms with Crippen molar-refractivity contribution in [3.05, 3.63) is 71.0 Å². The number of hydrogen-bond acceptors (Lipinski definition) is 6. The number of hydrogen-bond donors (Lipinski definition) is 4. The number of thioether (sulfide) groups is 1. The number of rotatable bonds is 16. The van der Waals surface area contributed by atoms with Gasteiger partial charge in [0, 0.05) is 18.2 Å². The molecule has 214 valence electrons. The first kappa shape index (κ1) is 32.8. The molecular formula is C27H35Cl2FN4O4S. The van der Waals surface area contributed by atoms with Crippen LogP contribution in [0, 0.1) is 5.82 Å². The van der Waals surface area contributed by atoms with Crippen LogP contribution < -0.4 is 16.9 Å². The SMILES string of the molecule is CSCC[C@H](NC(=O)[C@@H](N)Cc1ccccc1)C(=O)N(N)[C@@](CCCl)(Cc1ccc(F)c(CCCl)c1)C(=O)O. The summed E-state index contributed by atoms with van der Waals surface area (Å²) in [7, 11) is 0. The van der Waals surface area contributed by atoms with Crippen LogP contribution in [0.25, 0.3) is 0 Å². The zero-order valence-corrected chi connectivity index (χ0v) is 24.1. The van der Waals surface area contributed by atoms with Crippen LogP contribution in [0.2, 0.25) is 0 Å². The molecule has 0 saturated carbocycles. The highest BCUT2D eigenvalue weighted by Gasteiger charge is 2.47. The number of halogens is 3. The number of benzene rings is 2. The molecule has 12 heteroatoms. The van der Waals surface area contributed by atoms with E-state index in [1.54, 1.807) is 0 Å². The van der Waals surface area contributed by atoms with E-state index in [1.165, 1.54) is 30.0 Å². The Morgan fingerprint density at radius 3 is 2.41 bits per heavy atom. The Bertz CT molecular complexity index is 1110. The predicted molar refractivity (Wildman–Crippen MR) is 154 cm³/mol. The molecule has 0 aromatic heterocycles. The molecule has 39 heavy (non-hydrogen) atoms. The van der Waals surface area contributed by atoms with Gasteiger partial charge in [-0.25, -0.2) is 15.0 Å². The molecule has 2 amide bonds. The van der Waals surface area contributed by atoms with Crippen molar-refractivity contribution in [3.8, 4) is 0 Å². The molecule has 3 atom stereocenters. The molecule has 0 aliphatic rings. The van der Waals surface area contributed by atoms with Gasteiger partial charge in [0.2, 0.25) is 5.91 Å². The molecule has 0 fully saturated rings. The third-order valence-electron chi connectivity index (χ3n) is 6.44. The van der Waals surface area contributed by atoms with Crippen molar-refractivity contribution in [1.82, 2.24) is 10.3 Å². The Morgan fingerprint density at radius 2 is 1.82 bits per heavy atom. The van der Waals surface area contributed by atoms with Gasteiger partial charge in [0.25, 0.3) is 5.91 Å². The average Bonchev–Trinajstić information content (AvgIpc) is 2.92. The Labute approximate surface area is 242 Å². The van der Waals surface area contributed by atoms with Crippen molar-refractivity contribution < 1.29 is 23.9 Å². The number of carboxylic acids is 1. The largest absolute Gasteiger partial charge is 0.479 e. The summed E-state index contributed by atoms with van der Waals surface area (Å²) in [6.07, 6.45) is 2.11. The van der Waals surface area contributed by atoms with Crippen LogP contribution in [0.15, 0.2) is 48.5 Å². The second-order valence-corrected chi connectivity index (χ2v) is 10.9. The van der Waals surface area contributed by atoms with Gasteiger partial charge in [-0.15, -0.1) is 23.2 Å². The van der Waals surface area contributed by atoms with Crippen LogP contribution in [0.1, 0.15) is 29.5 Å². The molecule has 2 aromatic rings. The minimum absolute atomic E-state index is 0.118. The molecule has 0 spiro atoms. The van der Waals surface area contributed by atoms with Gasteiger partial charge < -0.3 is 16.2 Å². The highest BCUT2D eigenvalue weighted by molar-refractivity contribution is 7.98. The average molecular weight is 602 g/mol. The van der Waals surface area contributed by atoms with Crippen molar-refractivity contribution in [2.24, 2.45) is 11.6 Å². The fourth-order valence-corrected chi connectivity index (χ4v) is 5.20. The summed E-state index contributed by atoms with van der Waals surface area (Å²) in [5.41, 5.74) is 5.78. The molecule has 0 heterocycles. The zero-order chi connectivity index (χ0) is 29.0. The second kappa shape index (κ2) is 16.0. The van der Waals surface area contributed by atoms with Gasteiger partial charge in [0.05, 0.1) is 6.04 Å².